The summed E-state index contributed by atoms with van der Waals surface area (Å²) < 4.78 is 0. The zero-order valence-corrected chi connectivity index (χ0v) is 9.56. The third-order valence-electron chi connectivity index (χ3n) is 2.38. The number of alkyl halides is 1. The summed E-state index contributed by atoms with van der Waals surface area (Å²) in [5.74, 6) is 0.534. The lowest BCUT2D eigenvalue weighted by molar-refractivity contribution is 0.892. The van der Waals surface area contributed by atoms with E-state index in [4.69, 9.17) is 11.6 Å². The van der Waals surface area contributed by atoms with E-state index in [0.29, 0.717) is 5.88 Å². The molecule has 0 saturated carbocycles. The van der Waals surface area contributed by atoms with Crippen LogP contribution in [0.2, 0.25) is 0 Å². The molecule has 0 spiro atoms. The van der Waals surface area contributed by atoms with Crippen molar-refractivity contribution in [3.05, 3.63) is 60.4 Å². The van der Waals surface area contributed by atoms with E-state index in [9.17, 15) is 0 Å². The third-order valence-corrected chi connectivity index (χ3v) is 2.69. The van der Waals surface area contributed by atoms with Gasteiger partial charge in [-0.25, -0.2) is 0 Å². The molecule has 1 aromatic carbocycles. The first-order chi connectivity index (χ1) is 7.90. The molecular weight excluding hydrogens is 220 g/mol. The highest BCUT2D eigenvalue weighted by atomic mass is 35.5. The summed E-state index contributed by atoms with van der Waals surface area (Å²) in [6, 6.07) is 14.2. The average Bonchev–Trinajstić information content (AvgIpc) is 2.38. The van der Waals surface area contributed by atoms with Gasteiger partial charge in [0.2, 0.25) is 0 Å². The maximum Gasteiger partial charge on any atom is 0.0649 e. The van der Waals surface area contributed by atoms with Crippen molar-refractivity contribution < 1.29 is 0 Å². The topological polar surface area (TPSA) is 24.9 Å². The maximum atomic E-state index is 5.97. The molecule has 2 nitrogen and oxygen atoms in total. The standard InChI is InChI=1S/C13H13ClN2/c14-10-13(11-4-2-1-3-5-11)16-12-6-8-15-9-7-12/h1-9,13H,10H2,(H,15,16). The molecule has 82 valence electrons. The Kier molecular flexibility index (Phi) is 3.78. The van der Waals surface area contributed by atoms with Crippen LogP contribution in [0.3, 0.4) is 0 Å². The molecule has 0 aliphatic carbocycles. The quantitative estimate of drug-likeness (QED) is 0.817. The predicted octanol–water partition coefficient (Wildman–Crippen LogP) is 3.47. The summed E-state index contributed by atoms with van der Waals surface area (Å²) in [4.78, 5) is 3.98. The zero-order valence-electron chi connectivity index (χ0n) is 8.81. The first-order valence-corrected chi connectivity index (χ1v) is 5.71. The molecule has 1 aromatic heterocycles. The molecule has 1 N–H and O–H groups in total. The molecule has 3 heteroatoms. The van der Waals surface area contributed by atoms with Gasteiger partial charge in [0.25, 0.3) is 0 Å². The second kappa shape index (κ2) is 5.52. The fourth-order valence-electron chi connectivity index (χ4n) is 1.55. The molecule has 2 aromatic rings. The normalized spacial score (nSPS) is 12.1. The number of nitrogens with zero attached hydrogens (tertiary/aromatic N) is 1. The smallest absolute Gasteiger partial charge is 0.0649 e. The monoisotopic (exact) mass is 232 g/mol. The Morgan fingerprint density at radius 3 is 2.38 bits per heavy atom. The number of pyridine rings is 1. The van der Waals surface area contributed by atoms with Gasteiger partial charge in [0.1, 0.15) is 0 Å². The van der Waals surface area contributed by atoms with E-state index in [1.807, 2.05) is 30.3 Å². The Morgan fingerprint density at radius 1 is 1.06 bits per heavy atom. The van der Waals surface area contributed by atoms with Gasteiger partial charge < -0.3 is 5.32 Å². The van der Waals surface area contributed by atoms with Crippen LogP contribution in [0.1, 0.15) is 11.6 Å². The minimum atomic E-state index is 0.130. The van der Waals surface area contributed by atoms with Gasteiger partial charge in [-0.05, 0) is 17.7 Å². The Balaban J connectivity index is 2.13. The van der Waals surface area contributed by atoms with Gasteiger partial charge in [0.15, 0.2) is 0 Å². The highest BCUT2D eigenvalue weighted by Crippen LogP contribution is 2.19. The number of anilines is 1. The molecule has 16 heavy (non-hydrogen) atoms. The number of halogens is 1. The van der Waals surface area contributed by atoms with Crippen LogP contribution in [0.4, 0.5) is 5.69 Å². The summed E-state index contributed by atoms with van der Waals surface area (Å²) in [6.07, 6.45) is 3.53. The molecule has 1 heterocycles. The van der Waals surface area contributed by atoms with Crippen LogP contribution in [0.5, 0.6) is 0 Å². The van der Waals surface area contributed by atoms with Crippen LogP contribution in [-0.4, -0.2) is 10.9 Å². The molecule has 2 rings (SSSR count). The molecule has 0 bridgehead atoms. The van der Waals surface area contributed by atoms with E-state index >= 15 is 0 Å². The average molecular weight is 233 g/mol. The number of nitrogens with one attached hydrogen (secondary N) is 1. The van der Waals surface area contributed by atoms with Crippen molar-refractivity contribution >= 4 is 17.3 Å². The Labute approximate surface area is 100 Å². The van der Waals surface area contributed by atoms with Gasteiger partial charge in [0, 0.05) is 24.0 Å². The summed E-state index contributed by atoms with van der Waals surface area (Å²) in [5.41, 5.74) is 2.22. The van der Waals surface area contributed by atoms with Crippen LogP contribution in [-0.2, 0) is 0 Å². The second-order valence-electron chi connectivity index (χ2n) is 3.50. The minimum absolute atomic E-state index is 0.130. The Hall–Kier alpha value is -1.54. The molecule has 0 saturated heterocycles. The maximum absolute atomic E-state index is 5.97. The number of rotatable bonds is 4. The van der Waals surface area contributed by atoms with Crippen molar-refractivity contribution in [3.8, 4) is 0 Å². The highest BCUT2D eigenvalue weighted by molar-refractivity contribution is 6.18. The lowest BCUT2D eigenvalue weighted by Crippen LogP contribution is -2.12. The number of aromatic nitrogens is 1. The van der Waals surface area contributed by atoms with E-state index in [2.05, 4.69) is 22.4 Å². The number of hydrogen-bond donors (Lipinski definition) is 1. The molecule has 1 atom stereocenters. The van der Waals surface area contributed by atoms with Gasteiger partial charge in [-0.15, -0.1) is 11.6 Å². The van der Waals surface area contributed by atoms with Crippen molar-refractivity contribution in [2.45, 2.75) is 6.04 Å². The van der Waals surface area contributed by atoms with Crippen molar-refractivity contribution in [3.63, 3.8) is 0 Å². The van der Waals surface area contributed by atoms with Gasteiger partial charge in [-0.3, -0.25) is 4.98 Å². The molecule has 0 amide bonds. The summed E-state index contributed by atoms with van der Waals surface area (Å²) in [7, 11) is 0. The molecule has 0 fully saturated rings. The SMILES string of the molecule is ClCC(Nc1ccncc1)c1ccccc1. The van der Waals surface area contributed by atoms with Crippen molar-refractivity contribution in [1.82, 2.24) is 4.98 Å². The fourth-order valence-corrected chi connectivity index (χ4v) is 1.80. The van der Waals surface area contributed by atoms with Crippen molar-refractivity contribution in [1.29, 1.82) is 0 Å². The fraction of sp³-hybridized carbons (Fsp3) is 0.154. The van der Waals surface area contributed by atoms with Crippen molar-refractivity contribution in [2.75, 3.05) is 11.2 Å². The van der Waals surface area contributed by atoms with Gasteiger partial charge in [-0.1, -0.05) is 30.3 Å². The lowest BCUT2D eigenvalue weighted by Gasteiger charge is -2.17. The number of hydrogen-bond acceptors (Lipinski definition) is 2. The largest absolute Gasteiger partial charge is 0.377 e. The predicted molar refractivity (Wildman–Crippen MR) is 67.8 cm³/mol. The van der Waals surface area contributed by atoms with E-state index in [1.165, 1.54) is 5.56 Å². The van der Waals surface area contributed by atoms with Crippen molar-refractivity contribution in [2.24, 2.45) is 0 Å². The second-order valence-corrected chi connectivity index (χ2v) is 3.81. The number of benzene rings is 1. The zero-order chi connectivity index (χ0) is 11.2. The summed E-state index contributed by atoms with van der Waals surface area (Å²) in [5, 5.41) is 3.37. The summed E-state index contributed by atoms with van der Waals surface area (Å²) in [6.45, 7) is 0. The highest BCUT2D eigenvalue weighted by Gasteiger charge is 2.08. The molecule has 0 radical (unpaired) electrons. The van der Waals surface area contributed by atoms with Crippen LogP contribution < -0.4 is 5.32 Å². The Morgan fingerprint density at radius 2 is 1.75 bits per heavy atom. The van der Waals surface area contributed by atoms with Gasteiger partial charge >= 0.3 is 0 Å². The molecule has 1 unspecified atom stereocenters. The minimum Gasteiger partial charge on any atom is -0.377 e. The van der Waals surface area contributed by atoms with E-state index in [-0.39, 0.29) is 6.04 Å². The molecule has 0 aliphatic rings. The molecular formula is C13H13ClN2. The Bertz CT molecular complexity index is 416. The summed E-state index contributed by atoms with van der Waals surface area (Å²) >= 11 is 5.97. The van der Waals surface area contributed by atoms with Crippen LogP contribution in [0.25, 0.3) is 0 Å². The van der Waals surface area contributed by atoms with E-state index in [0.717, 1.165) is 5.69 Å². The first kappa shape index (κ1) is 11.0. The lowest BCUT2D eigenvalue weighted by atomic mass is 10.1. The third kappa shape index (κ3) is 2.74. The first-order valence-electron chi connectivity index (χ1n) is 5.17. The van der Waals surface area contributed by atoms with E-state index < -0.39 is 0 Å². The van der Waals surface area contributed by atoms with E-state index in [1.54, 1.807) is 12.4 Å². The van der Waals surface area contributed by atoms with Gasteiger partial charge in [-0.2, -0.15) is 0 Å². The molecule has 0 aliphatic heterocycles. The van der Waals surface area contributed by atoms with Gasteiger partial charge in [0.05, 0.1) is 6.04 Å². The van der Waals surface area contributed by atoms with Crippen LogP contribution in [0, 0.1) is 0 Å². The van der Waals surface area contributed by atoms with Crippen LogP contribution in [0.15, 0.2) is 54.9 Å². The van der Waals surface area contributed by atoms with Crippen LogP contribution >= 0.6 is 11.6 Å².